The van der Waals surface area contributed by atoms with Crippen molar-refractivity contribution in [3.8, 4) is 0 Å². The molecule has 2 aliphatic rings. The fourth-order valence-electron chi connectivity index (χ4n) is 3.75. The Bertz CT molecular complexity index is 957. The van der Waals surface area contributed by atoms with Crippen LogP contribution in [0, 0.1) is 0 Å². The smallest absolute Gasteiger partial charge is 0.263 e. The van der Waals surface area contributed by atoms with E-state index >= 15 is 0 Å². The number of pyridine rings is 1. The van der Waals surface area contributed by atoms with Crippen molar-refractivity contribution in [1.82, 2.24) is 10.4 Å². The molecule has 4 rings (SSSR count). The summed E-state index contributed by atoms with van der Waals surface area (Å²) in [7, 11) is 0. The second-order valence-electron chi connectivity index (χ2n) is 6.90. The highest BCUT2D eigenvalue weighted by Crippen LogP contribution is 2.34. The second-order valence-corrected chi connectivity index (χ2v) is 7.81. The Morgan fingerprint density at radius 3 is 2.79 bits per heavy atom. The number of hydrogen-bond donors (Lipinski definition) is 1. The third-order valence-electron chi connectivity index (χ3n) is 5.05. The first kappa shape index (κ1) is 18.8. The zero-order valence-electron chi connectivity index (χ0n) is 15.9. The molecule has 2 aromatic rings. The summed E-state index contributed by atoms with van der Waals surface area (Å²) >= 11 is 3.59. The van der Waals surface area contributed by atoms with E-state index in [-0.39, 0.29) is 18.0 Å². The van der Waals surface area contributed by atoms with Crippen molar-refractivity contribution in [1.29, 1.82) is 0 Å². The number of aliphatic imine (C=N–C) groups is 1. The molecule has 0 spiro atoms. The lowest BCUT2D eigenvalue weighted by Crippen LogP contribution is -2.56. The molecule has 7 heteroatoms. The van der Waals surface area contributed by atoms with Gasteiger partial charge in [0.1, 0.15) is 12.1 Å². The maximum Gasteiger partial charge on any atom is 0.263 e. The average Bonchev–Trinajstić information content (AvgIpc) is 2.85. The zero-order chi connectivity index (χ0) is 19.7. The van der Waals surface area contributed by atoms with Gasteiger partial charge in [-0.3, -0.25) is 14.8 Å². The van der Waals surface area contributed by atoms with Crippen LogP contribution in [0.3, 0.4) is 0 Å². The molecule has 28 heavy (non-hydrogen) atoms. The Labute approximate surface area is 172 Å². The van der Waals surface area contributed by atoms with E-state index in [1.165, 1.54) is 0 Å². The topological polar surface area (TPSA) is 70.0 Å². The molecule has 0 aliphatic carbocycles. The molecule has 2 aliphatic heterocycles. The van der Waals surface area contributed by atoms with Crippen molar-refractivity contribution < 1.29 is 4.79 Å². The molecule has 0 saturated carbocycles. The lowest BCUT2D eigenvalue weighted by Gasteiger charge is -2.37. The normalized spacial score (nSPS) is 21.1. The quantitative estimate of drug-likeness (QED) is 0.785. The number of hydrogen-bond acceptors (Lipinski definition) is 5. The molecule has 2 atom stereocenters. The van der Waals surface area contributed by atoms with Gasteiger partial charge in [-0.25, -0.2) is 5.43 Å². The van der Waals surface area contributed by atoms with Gasteiger partial charge < -0.3 is 4.90 Å². The van der Waals surface area contributed by atoms with Gasteiger partial charge in [-0.15, -0.1) is 0 Å². The third-order valence-corrected chi connectivity index (χ3v) is 5.55. The Hall–Kier alpha value is -2.54. The van der Waals surface area contributed by atoms with Crippen LogP contribution in [0.25, 0.3) is 0 Å². The van der Waals surface area contributed by atoms with Gasteiger partial charge in [0.25, 0.3) is 5.91 Å². The van der Waals surface area contributed by atoms with Crippen LogP contribution in [-0.2, 0) is 4.79 Å². The van der Waals surface area contributed by atoms with Gasteiger partial charge in [-0.2, -0.15) is 5.10 Å². The molecule has 0 fully saturated rings. The number of carbonyl (C=O) groups excluding carboxylic acids is 1. The van der Waals surface area contributed by atoms with E-state index < -0.39 is 0 Å². The maximum atomic E-state index is 12.7. The number of nitrogens with zero attached hydrogens (tertiary/aromatic N) is 4. The lowest BCUT2D eigenvalue weighted by molar-refractivity contribution is -0.122. The summed E-state index contributed by atoms with van der Waals surface area (Å²) < 4.78 is 0.955. The summed E-state index contributed by atoms with van der Waals surface area (Å²) in [6.07, 6.45) is 4.20. The molecular formula is C21H22BrN5O. The number of amidine groups is 1. The van der Waals surface area contributed by atoms with Gasteiger partial charge in [-0.1, -0.05) is 42.3 Å². The number of amides is 1. The summed E-state index contributed by atoms with van der Waals surface area (Å²) in [6.45, 7) is 4.17. The number of nitrogens with one attached hydrogen (secondary N) is 1. The van der Waals surface area contributed by atoms with Crippen LogP contribution in [0.4, 0.5) is 5.69 Å². The van der Waals surface area contributed by atoms with Crippen LogP contribution in [0.5, 0.6) is 0 Å². The first-order chi connectivity index (χ1) is 13.6. The van der Waals surface area contributed by atoms with Gasteiger partial charge in [0, 0.05) is 16.2 Å². The molecule has 1 aromatic heterocycles. The summed E-state index contributed by atoms with van der Waals surface area (Å²) in [5.74, 6) is 0.714. The van der Waals surface area contributed by atoms with E-state index in [4.69, 9.17) is 4.99 Å². The Morgan fingerprint density at radius 1 is 1.21 bits per heavy atom. The van der Waals surface area contributed by atoms with E-state index in [1.54, 1.807) is 6.20 Å². The predicted molar refractivity (Wildman–Crippen MR) is 115 cm³/mol. The van der Waals surface area contributed by atoms with Crippen molar-refractivity contribution in [2.45, 2.75) is 45.2 Å². The molecular weight excluding hydrogens is 418 g/mol. The van der Waals surface area contributed by atoms with Gasteiger partial charge >= 0.3 is 0 Å². The van der Waals surface area contributed by atoms with Crippen LogP contribution in [-0.4, -0.2) is 34.5 Å². The summed E-state index contributed by atoms with van der Waals surface area (Å²) in [6, 6.07) is 11.4. The second kappa shape index (κ2) is 7.83. The van der Waals surface area contributed by atoms with E-state index in [2.05, 4.69) is 50.2 Å². The van der Waals surface area contributed by atoms with Crippen molar-refractivity contribution in [2.75, 3.05) is 4.90 Å². The average molecular weight is 440 g/mol. The molecule has 6 nitrogen and oxygen atoms in total. The molecule has 1 amide bonds. The molecule has 2 unspecified atom stereocenters. The minimum Gasteiger partial charge on any atom is -0.313 e. The van der Waals surface area contributed by atoms with Crippen molar-refractivity contribution in [3.05, 3.63) is 58.3 Å². The SMILES string of the molecule is CCCC1C(=O)NN=C2C(CC)N=C(c3ccccn3)c3cc(Br)ccc3N21. The van der Waals surface area contributed by atoms with E-state index in [0.29, 0.717) is 0 Å². The van der Waals surface area contributed by atoms with Gasteiger partial charge in [0.2, 0.25) is 0 Å². The maximum absolute atomic E-state index is 12.7. The van der Waals surface area contributed by atoms with E-state index in [1.807, 2.05) is 36.4 Å². The fraction of sp³-hybridized carbons (Fsp3) is 0.333. The van der Waals surface area contributed by atoms with Crippen LogP contribution in [0.1, 0.15) is 44.4 Å². The predicted octanol–water partition coefficient (Wildman–Crippen LogP) is 3.89. The number of anilines is 1. The molecule has 3 heterocycles. The molecule has 144 valence electrons. The highest BCUT2D eigenvalue weighted by atomic mass is 79.9. The molecule has 0 bridgehead atoms. The number of carbonyl (C=O) groups is 1. The van der Waals surface area contributed by atoms with Crippen LogP contribution in [0.15, 0.2) is 57.2 Å². The molecule has 1 aromatic carbocycles. The first-order valence-electron chi connectivity index (χ1n) is 9.59. The number of halogens is 1. The van der Waals surface area contributed by atoms with Crippen molar-refractivity contribution in [3.63, 3.8) is 0 Å². The number of benzene rings is 1. The summed E-state index contributed by atoms with van der Waals surface area (Å²) in [5, 5.41) is 4.43. The monoisotopic (exact) mass is 439 g/mol. The van der Waals surface area contributed by atoms with Crippen molar-refractivity contribution in [2.24, 2.45) is 10.1 Å². The standard InChI is InChI=1S/C21H22BrN5O/c1-3-7-18-21(28)26-25-20-15(4-2)24-19(16-8-5-6-11-23-16)14-12-13(22)9-10-17(14)27(18)20/h5-6,8-12,15,18H,3-4,7H2,1-2H3,(H,26,28). The minimum atomic E-state index is -0.301. The van der Waals surface area contributed by atoms with Crippen LogP contribution in [0.2, 0.25) is 0 Å². The summed E-state index contributed by atoms with van der Waals surface area (Å²) in [4.78, 5) is 24.3. The number of hydrazone groups is 1. The highest BCUT2D eigenvalue weighted by molar-refractivity contribution is 9.10. The number of aromatic nitrogens is 1. The molecule has 1 N–H and O–H groups in total. The van der Waals surface area contributed by atoms with Crippen LogP contribution >= 0.6 is 15.9 Å². The third kappa shape index (κ3) is 3.24. The Balaban J connectivity index is 1.98. The fourth-order valence-corrected chi connectivity index (χ4v) is 4.11. The van der Waals surface area contributed by atoms with Gasteiger partial charge in [0.05, 0.1) is 17.1 Å². The van der Waals surface area contributed by atoms with Crippen LogP contribution < -0.4 is 10.3 Å². The zero-order valence-corrected chi connectivity index (χ0v) is 17.5. The number of fused-ring (bicyclic) bond motifs is 3. The minimum absolute atomic E-state index is 0.0735. The van der Waals surface area contributed by atoms with Gasteiger partial charge in [0.15, 0.2) is 5.84 Å². The highest BCUT2D eigenvalue weighted by Gasteiger charge is 2.39. The molecule has 0 radical (unpaired) electrons. The van der Waals surface area contributed by atoms with Crippen molar-refractivity contribution >= 4 is 39.1 Å². The van der Waals surface area contributed by atoms with E-state index in [9.17, 15) is 4.79 Å². The summed E-state index contributed by atoms with van der Waals surface area (Å²) in [5.41, 5.74) is 6.24. The molecule has 0 saturated heterocycles. The van der Waals surface area contributed by atoms with E-state index in [0.717, 1.165) is 52.2 Å². The Morgan fingerprint density at radius 2 is 2.07 bits per heavy atom. The van der Waals surface area contributed by atoms with Gasteiger partial charge in [-0.05, 0) is 43.2 Å². The largest absolute Gasteiger partial charge is 0.313 e. The Kier molecular flexibility index (Phi) is 5.26. The first-order valence-corrected chi connectivity index (χ1v) is 10.4. The number of rotatable bonds is 4. The lowest BCUT2D eigenvalue weighted by atomic mass is 10.0.